The fourth-order valence-electron chi connectivity index (χ4n) is 2.48. The molecule has 0 atom stereocenters. The van der Waals surface area contributed by atoms with Crippen LogP contribution in [0.5, 0.6) is 0 Å². The van der Waals surface area contributed by atoms with Crippen molar-refractivity contribution in [1.82, 2.24) is 4.98 Å². The van der Waals surface area contributed by atoms with E-state index >= 15 is 0 Å². The van der Waals surface area contributed by atoms with Crippen LogP contribution in [0.1, 0.15) is 36.9 Å². The van der Waals surface area contributed by atoms with E-state index in [-0.39, 0.29) is 0 Å². The lowest BCUT2D eigenvalue weighted by Gasteiger charge is -2.26. The Morgan fingerprint density at radius 1 is 1.40 bits per heavy atom. The third kappa shape index (κ3) is 4.48. The molecule has 0 aromatic carbocycles. The third-order valence-corrected chi connectivity index (χ3v) is 3.56. The number of ether oxygens (including phenoxy) is 1. The Bertz CT molecular complexity index is 475. The summed E-state index contributed by atoms with van der Waals surface area (Å²) in [6.07, 6.45) is 4.58. The molecule has 1 fully saturated rings. The van der Waals surface area contributed by atoms with Crippen molar-refractivity contribution in [2.75, 3.05) is 18.5 Å². The van der Waals surface area contributed by atoms with E-state index in [4.69, 9.17) is 15.7 Å². The Hall–Kier alpha value is -1.64. The minimum Gasteiger partial charge on any atom is -0.376 e. The van der Waals surface area contributed by atoms with Gasteiger partial charge in [0.25, 0.3) is 0 Å². The second-order valence-corrected chi connectivity index (χ2v) is 5.33. The highest BCUT2D eigenvalue weighted by molar-refractivity contribution is 5.44. The van der Waals surface area contributed by atoms with E-state index in [1.165, 1.54) is 0 Å². The molecule has 0 aliphatic heterocycles. The third-order valence-electron chi connectivity index (χ3n) is 3.56. The summed E-state index contributed by atoms with van der Waals surface area (Å²) >= 11 is 0. The average molecular weight is 274 g/mol. The molecule has 2 rings (SSSR count). The molecule has 1 saturated carbocycles. The Kier molecular flexibility index (Phi) is 5.33. The average Bonchev–Trinajstić information content (AvgIpc) is 2.45. The van der Waals surface area contributed by atoms with Crippen LogP contribution in [0.2, 0.25) is 0 Å². The maximum atomic E-state index is 8.91. The summed E-state index contributed by atoms with van der Waals surface area (Å²) in [7, 11) is 0. The fourth-order valence-corrected chi connectivity index (χ4v) is 2.48. The van der Waals surface area contributed by atoms with Gasteiger partial charge in [0.1, 0.15) is 5.82 Å². The van der Waals surface area contributed by atoms with Crippen molar-refractivity contribution in [3.05, 3.63) is 23.4 Å². The minimum absolute atomic E-state index is 0.344. The molecule has 0 bridgehead atoms. The van der Waals surface area contributed by atoms with Crippen LogP contribution in [0.4, 0.5) is 5.82 Å². The van der Waals surface area contributed by atoms with Gasteiger partial charge in [-0.1, -0.05) is 0 Å². The highest BCUT2D eigenvalue weighted by Gasteiger charge is 2.18. The van der Waals surface area contributed by atoms with Crippen LogP contribution in [0.3, 0.4) is 0 Å². The number of nitrogens with two attached hydrogens (primary N) is 1. The summed E-state index contributed by atoms with van der Waals surface area (Å²) in [6.45, 7) is 3.23. The van der Waals surface area contributed by atoms with Crippen molar-refractivity contribution >= 4 is 5.82 Å². The van der Waals surface area contributed by atoms with Crippen LogP contribution in [0.15, 0.2) is 12.1 Å². The summed E-state index contributed by atoms with van der Waals surface area (Å²) in [5.41, 5.74) is 7.34. The quantitative estimate of drug-likeness (QED) is 0.802. The van der Waals surface area contributed by atoms with Crippen molar-refractivity contribution in [1.29, 1.82) is 5.26 Å². The first-order valence-electron chi connectivity index (χ1n) is 7.17. The first-order valence-corrected chi connectivity index (χ1v) is 7.17. The highest BCUT2D eigenvalue weighted by Crippen LogP contribution is 2.19. The lowest BCUT2D eigenvalue weighted by molar-refractivity contribution is 0.0313. The first-order chi connectivity index (χ1) is 9.67. The number of anilines is 1. The van der Waals surface area contributed by atoms with E-state index in [1.54, 1.807) is 12.1 Å². The van der Waals surface area contributed by atoms with Crippen LogP contribution in [0, 0.1) is 18.3 Å². The van der Waals surface area contributed by atoms with Gasteiger partial charge < -0.3 is 15.8 Å². The molecule has 1 aliphatic rings. The van der Waals surface area contributed by atoms with E-state index < -0.39 is 0 Å². The molecular formula is C15H22N4O. The number of nitrogens with zero attached hydrogens (tertiary/aromatic N) is 2. The van der Waals surface area contributed by atoms with Crippen LogP contribution in [0.25, 0.3) is 0 Å². The zero-order valence-corrected chi connectivity index (χ0v) is 11.9. The molecule has 20 heavy (non-hydrogen) atoms. The van der Waals surface area contributed by atoms with E-state index in [0.717, 1.165) is 37.2 Å². The minimum atomic E-state index is 0.344. The lowest BCUT2D eigenvalue weighted by atomic mass is 9.94. The smallest absolute Gasteiger partial charge is 0.127 e. The Morgan fingerprint density at radius 3 is 2.85 bits per heavy atom. The largest absolute Gasteiger partial charge is 0.376 e. The van der Waals surface area contributed by atoms with Crippen molar-refractivity contribution in [3.63, 3.8) is 0 Å². The summed E-state index contributed by atoms with van der Waals surface area (Å²) < 4.78 is 5.83. The Balaban J connectivity index is 1.71. The Morgan fingerprint density at radius 2 is 2.15 bits per heavy atom. The van der Waals surface area contributed by atoms with E-state index in [2.05, 4.69) is 16.4 Å². The van der Waals surface area contributed by atoms with Crippen molar-refractivity contribution in [3.8, 4) is 6.07 Å². The van der Waals surface area contributed by atoms with Crippen LogP contribution in [-0.2, 0) is 4.74 Å². The number of pyridine rings is 1. The zero-order chi connectivity index (χ0) is 14.4. The number of rotatable bonds is 5. The monoisotopic (exact) mass is 274 g/mol. The second-order valence-electron chi connectivity index (χ2n) is 5.33. The molecule has 108 valence electrons. The van der Waals surface area contributed by atoms with Gasteiger partial charge in [-0.05, 0) is 44.7 Å². The number of hydrogen-bond acceptors (Lipinski definition) is 5. The molecule has 5 heteroatoms. The summed E-state index contributed by atoms with van der Waals surface area (Å²) in [5.74, 6) is 0.732. The number of aromatic nitrogens is 1. The van der Waals surface area contributed by atoms with Gasteiger partial charge in [-0.3, -0.25) is 0 Å². The maximum absolute atomic E-state index is 8.91. The standard InChI is InChI=1S/C15H22N4O/c1-11-8-12(10-16)9-15(19-11)18-6-7-20-14-4-2-13(17)3-5-14/h8-9,13-14H,2-7,17H2,1H3,(H,18,19). The number of nitriles is 1. The normalized spacial score (nSPS) is 22.2. The molecule has 5 nitrogen and oxygen atoms in total. The molecule has 1 aliphatic carbocycles. The van der Waals surface area contributed by atoms with Gasteiger partial charge in [-0.2, -0.15) is 5.26 Å². The molecule has 1 heterocycles. The van der Waals surface area contributed by atoms with Crippen LogP contribution < -0.4 is 11.1 Å². The summed E-state index contributed by atoms with van der Waals surface area (Å²) in [4.78, 5) is 4.34. The molecule has 0 saturated heterocycles. The molecular weight excluding hydrogens is 252 g/mol. The van der Waals surface area contributed by atoms with E-state index in [9.17, 15) is 0 Å². The predicted octanol–water partition coefficient (Wildman–Crippen LogP) is 1.96. The number of aryl methyl sites for hydroxylation is 1. The molecule has 0 unspecified atom stereocenters. The van der Waals surface area contributed by atoms with Gasteiger partial charge in [0.05, 0.1) is 24.3 Å². The molecule has 3 N–H and O–H groups in total. The highest BCUT2D eigenvalue weighted by atomic mass is 16.5. The Labute approximate surface area is 120 Å². The van der Waals surface area contributed by atoms with Crippen molar-refractivity contribution < 1.29 is 4.74 Å². The predicted molar refractivity (Wildman–Crippen MR) is 78.4 cm³/mol. The van der Waals surface area contributed by atoms with E-state index in [0.29, 0.717) is 30.9 Å². The van der Waals surface area contributed by atoms with Crippen LogP contribution >= 0.6 is 0 Å². The van der Waals surface area contributed by atoms with Gasteiger partial charge >= 0.3 is 0 Å². The summed E-state index contributed by atoms with van der Waals surface area (Å²) in [6, 6.07) is 6.01. The van der Waals surface area contributed by atoms with E-state index in [1.807, 2.05) is 6.92 Å². The first kappa shape index (κ1) is 14.8. The lowest BCUT2D eigenvalue weighted by Crippen LogP contribution is -2.31. The number of nitrogens with one attached hydrogen (secondary N) is 1. The molecule has 0 spiro atoms. The maximum Gasteiger partial charge on any atom is 0.127 e. The molecule has 1 aromatic rings. The molecule has 0 amide bonds. The van der Waals surface area contributed by atoms with Crippen molar-refractivity contribution in [2.24, 2.45) is 5.73 Å². The summed E-state index contributed by atoms with van der Waals surface area (Å²) in [5, 5.41) is 12.1. The van der Waals surface area contributed by atoms with Gasteiger partial charge in [0, 0.05) is 18.3 Å². The topological polar surface area (TPSA) is 84.0 Å². The molecule has 1 aromatic heterocycles. The SMILES string of the molecule is Cc1cc(C#N)cc(NCCOC2CCC(N)CC2)n1. The second kappa shape index (κ2) is 7.22. The molecule has 0 radical (unpaired) electrons. The zero-order valence-electron chi connectivity index (χ0n) is 11.9. The van der Waals surface area contributed by atoms with Gasteiger partial charge in [0.15, 0.2) is 0 Å². The van der Waals surface area contributed by atoms with Gasteiger partial charge in [-0.15, -0.1) is 0 Å². The fraction of sp³-hybridized carbons (Fsp3) is 0.600. The van der Waals surface area contributed by atoms with Crippen molar-refractivity contribution in [2.45, 2.75) is 44.8 Å². The van der Waals surface area contributed by atoms with Gasteiger partial charge in [-0.25, -0.2) is 4.98 Å². The van der Waals surface area contributed by atoms with Crippen LogP contribution in [-0.4, -0.2) is 30.3 Å². The van der Waals surface area contributed by atoms with Gasteiger partial charge in [0.2, 0.25) is 0 Å². The number of hydrogen-bond donors (Lipinski definition) is 2.